The summed E-state index contributed by atoms with van der Waals surface area (Å²) in [6.07, 6.45) is 3.56. The highest BCUT2D eigenvalue weighted by molar-refractivity contribution is 5.96. The topological polar surface area (TPSA) is 78.4 Å². The zero-order valence-electron chi connectivity index (χ0n) is 9.77. The number of carbonyl (C=O) groups is 2. The number of benzene rings is 1. The molecule has 1 aliphatic rings. The molecule has 3 N–H and O–H groups in total. The zero-order valence-corrected chi connectivity index (χ0v) is 9.77. The number of phenols is 1. The van der Waals surface area contributed by atoms with Gasteiger partial charge in [0.05, 0.1) is 5.56 Å². The lowest BCUT2D eigenvalue weighted by Crippen LogP contribution is -2.37. The molecule has 5 heteroatoms. The molecular weight excluding hydrogens is 232 g/mol. The van der Waals surface area contributed by atoms with Crippen LogP contribution in [0.1, 0.15) is 29.6 Å². The fraction of sp³-hybridized carbons (Fsp3) is 0.231. The van der Waals surface area contributed by atoms with Crippen LogP contribution in [0.3, 0.4) is 0 Å². The molecule has 1 aliphatic carbocycles. The van der Waals surface area contributed by atoms with Crippen LogP contribution < -0.4 is 10.9 Å². The normalized spacial score (nSPS) is 14.9. The Balaban J connectivity index is 1.97. The maximum atomic E-state index is 11.7. The summed E-state index contributed by atoms with van der Waals surface area (Å²) >= 11 is 0. The lowest BCUT2D eigenvalue weighted by Gasteiger charge is -2.15. The van der Waals surface area contributed by atoms with Crippen LogP contribution in [0.5, 0.6) is 5.75 Å². The number of allylic oxidation sites excluding steroid dienone is 2. The van der Waals surface area contributed by atoms with Crippen LogP contribution in [0.15, 0.2) is 36.0 Å². The number of amides is 1. The van der Waals surface area contributed by atoms with Crippen molar-refractivity contribution in [2.24, 2.45) is 0 Å². The van der Waals surface area contributed by atoms with Crippen molar-refractivity contribution in [1.29, 1.82) is 0 Å². The van der Waals surface area contributed by atoms with Gasteiger partial charge < -0.3 is 10.5 Å². The molecule has 94 valence electrons. The summed E-state index contributed by atoms with van der Waals surface area (Å²) in [5.41, 5.74) is 6.05. The number of carbonyl (C=O) groups excluding carboxylic acids is 2. The van der Waals surface area contributed by atoms with Crippen molar-refractivity contribution in [3.05, 3.63) is 41.6 Å². The summed E-state index contributed by atoms with van der Waals surface area (Å²) in [6, 6.07) is 6.27. The van der Waals surface area contributed by atoms with Gasteiger partial charge in [0.1, 0.15) is 5.75 Å². The first kappa shape index (κ1) is 12.2. The van der Waals surface area contributed by atoms with Gasteiger partial charge in [0.25, 0.3) is 5.91 Å². The van der Waals surface area contributed by atoms with Gasteiger partial charge in [-0.25, -0.2) is 0 Å². The fourth-order valence-corrected chi connectivity index (χ4v) is 1.76. The molecule has 1 aromatic rings. The van der Waals surface area contributed by atoms with Gasteiger partial charge in [0, 0.05) is 18.2 Å². The molecule has 0 bridgehead atoms. The Morgan fingerprint density at radius 3 is 2.72 bits per heavy atom. The van der Waals surface area contributed by atoms with E-state index in [9.17, 15) is 14.7 Å². The molecule has 0 saturated carbocycles. The summed E-state index contributed by atoms with van der Waals surface area (Å²) in [6.45, 7) is 0. The number of hydrogen-bond donors (Lipinski definition) is 3. The number of rotatable bonds is 3. The van der Waals surface area contributed by atoms with Crippen molar-refractivity contribution in [2.75, 3.05) is 0 Å². The van der Waals surface area contributed by atoms with Gasteiger partial charge in [-0.05, 0) is 25.0 Å². The van der Waals surface area contributed by atoms with E-state index in [2.05, 4.69) is 10.9 Å². The number of ketones is 1. The molecule has 0 aliphatic heterocycles. The molecule has 0 fully saturated rings. The standard InChI is InChI=1S/C13H14N2O3/c16-10-5-3-4-9(8-10)14-15-13(18)11-6-1-2-7-12(11)17/h1-2,6-8,14,17H,3-5H2,(H,15,18). The number of para-hydroxylation sites is 1. The first-order valence-corrected chi connectivity index (χ1v) is 5.74. The SMILES string of the molecule is O=C1C=C(NNC(=O)c2ccccc2O)CCC1. The summed E-state index contributed by atoms with van der Waals surface area (Å²) in [7, 11) is 0. The highest BCUT2D eigenvalue weighted by Gasteiger charge is 2.12. The maximum Gasteiger partial charge on any atom is 0.273 e. The smallest absolute Gasteiger partial charge is 0.273 e. The zero-order chi connectivity index (χ0) is 13.0. The van der Waals surface area contributed by atoms with Gasteiger partial charge in [-0.1, -0.05) is 12.1 Å². The Morgan fingerprint density at radius 1 is 1.22 bits per heavy atom. The van der Waals surface area contributed by atoms with Crippen molar-refractivity contribution in [3.63, 3.8) is 0 Å². The van der Waals surface area contributed by atoms with Crippen molar-refractivity contribution in [1.82, 2.24) is 10.9 Å². The minimum atomic E-state index is -0.438. The molecule has 0 aromatic heterocycles. The summed E-state index contributed by atoms with van der Waals surface area (Å²) in [5.74, 6) is -0.460. The first-order chi connectivity index (χ1) is 8.66. The molecule has 2 rings (SSSR count). The summed E-state index contributed by atoms with van der Waals surface area (Å²) in [5, 5.41) is 9.50. The molecule has 0 heterocycles. The molecule has 1 aromatic carbocycles. The van der Waals surface area contributed by atoms with Crippen LogP contribution in [0.4, 0.5) is 0 Å². The number of phenolic OH excluding ortho intramolecular Hbond substituents is 1. The highest BCUT2D eigenvalue weighted by atomic mass is 16.3. The maximum absolute atomic E-state index is 11.7. The van der Waals surface area contributed by atoms with E-state index in [1.165, 1.54) is 18.2 Å². The third-order valence-corrected chi connectivity index (χ3v) is 2.69. The van der Waals surface area contributed by atoms with Crippen LogP contribution in [0.25, 0.3) is 0 Å². The number of hydrazine groups is 1. The van der Waals surface area contributed by atoms with Crippen LogP contribution in [-0.4, -0.2) is 16.8 Å². The van der Waals surface area contributed by atoms with Crippen molar-refractivity contribution >= 4 is 11.7 Å². The molecule has 5 nitrogen and oxygen atoms in total. The van der Waals surface area contributed by atoms with E-state index in [0.717, 1.165) is 12.8 Å². The highest BCUT2D eigenvalue weighted by Crippen LogP contribution is 2.15. The van der Waals surface area contributed by atoms with Crippen molar-refractivity contribution < 1.29 is 14.7 Å². The minimum Gasteiger partial charge on any atom is -0.507 e. The van der Waals surface area contributed by atoms with E-state index in [1.807, 2.05) is 0 Å². The van der Waals surface area contributed by atoms with Crippen LogP contribution in [0, 0.1) is 0 Å². The molecule has 0 unspecified atom stereocenters. The predicted octanol–water partition coefficient (Wildman–Crippen LogP) is 1.26. The Hall–Kier alpha value is -2.30. The largest absolute Gasteiger partial charge is 0.507 e. The minimum absolute atomic E-state index is 0.0561. The summed E-state index contributed by atoms with van der Waals surface area (Å²) in [4.78, 5) is 22.9. The lowest BCUT2D eigenvalue weighted by molar-refractivity contribution is -0.115. The van der Waals surface area contributed by atoms with Crippen molar-refractivity contribution in [2.45, 2.75) is 19.3 Å². The van der Waals surface area contributed by atoms with Gasteiger partial charge >= 0.3 is 0 Å². The third kappa shape index (κ3) is 2.88. The Labute approximate surface area is 104 Å². The third-order valence-electron chi connectivity index (χ3n) is 2.69. The monoisotopic (exact) mass is 246 g/mol. The quantitative estimate of drug-likeness (QED) is 0.702. The number of nitrogens with one attached hydrogen (secondary N) is 2. The summed E-state index contributed by atoms with van der Waals surface area (Å²) < 4.78 is 0. The lowest BCUT2D eigenvalue weighted by atomic mass is 10.0. The van der Waals surface area contributed by atoms with E-state index in [-0.39, 0.29) is 17.1 Å². The van der Waals surface area contributed by atoms with E-state index in [1.54, 1.807) is 12.1 Å². The van der Waals surface area contributed by atoms with E-state index in [4.69, 9.17) is 0 Å². The first-order valence-electron chi connectivity index (χ1n) is 5.74. The van der Waals surface area contributed by atoms with E-state index in [0.29, 0.717) is 12.1 Å². The number of aromatic hydroxyl groups is 1. The second kappa shape index (κ2) is 5.35. The van der Waals surface area contributed by atoms with Gasteiger partial charge in [0.15, 0.2) is 5.78 Å². The average molecular weight is 246 g/mol. The van der Waals surface area contributed by atoms with E-state index >= 15 is 0 Å². The predicted molar refractivity (Wildman–Crippen MR) is 65.6 cm³/mol. The second-order valence-corrected chi connectivity index (χ2v) is 4.09. The molecule has 0 atom stereocenters. The van der Waals surface area contributed by atoms with Gasteiger partial charge in [-0.15, -0.1) is 0 Å². The van der Waals surface area contributed by atoms with Crippen LogP contribution >= 0.6 is 0 Å². The Kier molecular flexibility index (Phi) is 3.62. The van der Waals surface area contributed by atoms with Crippen LogP contribution in [-0.2, 0) is 4.79 Å². The number of hydrogen-bond acceptors (Lipinski definition) is 4. The molecular formula is C13H14N2O3. The van der Waals surface area contributed by atoms with Gasteiger partial charge in [-0.3, -0.25) is 15.0 Å². The van der Waals surface area contributed by atoms with Crippen LogP contribution in [0.2, 0.25) is 0 Å². The van der Waals surface area contributed by atoms with Gasteiger partial charge in [0.2, 0.25) is 0 Å². The van der Waals surface area contributed by atoms with Crippen molar-refractivity contribution in [3.8, 4) is 5.75 Å². The second-order valence-electron chi connectivity index (χ2n) is 4.09. The molecule has 18 heavy (non-hydrogen) atoms. The molecule has 0 spiro atoms. The Bertz CT molecular complexity index is 509. The van der Waals surface area contributed by atoms with E-state index < -0.39 is 5.91 Å². The average Bonchev–Trinajstić information content (AvgIpc) is 2.37. The van der Waals surface area contributed by atoms with Gasteiger partial charge in [-0.2, -0.15) is 0 Å². The fourth-order valence-electron chi connectivity index (χ4n) is 1.76. The molecule has 0 saturated heterocycles. The molecule has 1 amide bonds. The molecule has 0 radical (unpaired) electrons. The Morgan fingerprint density at radius 2 is 2.00 bits per heavy atom.